The van der Waals surface area contributed by atoms with E-state index in [1.54, 1.807) is 0 Å². The molecule has 2 aliphatic rings. The van der Waals surface area contributed by atoms with Crippen LogP contribution < -0.4 is 10.6 Å². The summed E-state index contributed by atoms with van der Waals surface area (Å²) in [6.45, 7) is 6.70. The molecule has 1 atom stereocenters. The highest BCUT2D eigenvalue weighted by atomic mass is 16.3. The number of likely N-dealkylation sites (tertiary alicyclic amines) is 1. The molecule has 5 heteroatoms. The molecule has 122 valence electrons. The Morgan fingerprint density at radius 2 is 2.09 bits per heavy atom. The average Bonchev–Trinajstić information content (AvgIpc) is 3.21. The molecular weight excluding hydrogens is 278 g/mol. The van der Waals surface area contributed by atoms with Crippen LogP contribution in [0.25, 0.3) is 0 Å². The number of hydrogen-bond donors (Lipinski definition) is 2. The Morgan fingerprint density at radius 3 is 2.73 bits per heavy atom. The van der Waals surface area contributed by atoms with Gasteiger partial charge in [0.15, 0.2) is 0 Å². The topological polar surface area (TPSA) is 57.5 Å². The quantitative estimate of drug-likeness (QED) is 0.871. The Bertz CT molecular complexity index is 488. The van der Waals surface area contributed by atoms with Crippen molar-refractivity contribution in [1.29, 1.82) is 0 Å². The molecule has 1 amide bonds. The molecule has 5 nitrogen and oxygen atoms in total. The second-order valence-electron chi connectivity index (χ2n) is 6.48. The van der Waals surface area contributed by atoms with E-state index < -0.39 is 0 Å². The van der Waals surface area contributed by atoms with Crippen molar-refractivity contribution in [2.24, 2.45) is 5.92 Å². The molecule has 22 heavy (non-hydrogen) atoms. The van der Waals surface area contributed by atoms with Gasteiger partial charge in [-0.15, -0.1) is 0 Å². The third kappa shape index (κ3) is 3.70. The van der Waals surface area contributed by atoms with Crippen molar-refractivity contribution in [2.75, 3.05) is 32.7 Å². The first-order chi connectivity index (χ1) is 10.7. The van der Waals surface area contributed by atoms with E-state index in [1.165, 1.54) is 12.8 Å². The minimum Gasteiger partial charge on any atom is -0.465 e. The van der Waals surface area contributed by atoms with Crippen molar-refractivity contribution < 1.29 is 9.21 Å². The first-order valence-electron chi connectivity index (χ1n) is 8.53. The van der Waals surface area contributed by atoms with E-state index in [2.05, 4.69) is 21.6 Å². The number of amides is 1. The summed E-state index contributed by atoms with van der Waals surface area (Å²) in [4.78, 5) is 14.8. The van der Waals surface area contributed by atoms with Gasteiger partial charge in [0.25, 0.3) is 0 Å². The maximum atomic E-state index is 12.4. The van der Waals surface area contributed by atoms with E-state index in [1.807, 2.05) is 13.0 Å². The third-order valence-electron chi connectivity index (χ3n) is 4.85. The second kappa shape index (κ2) is 7.29. The molecule has 0 aliphatic carbocycles. The van der Waals surface area contributed by atoms with Gasteiger partial charge >= 0.3 is 0 Å². The fourth-order valence-corrected chi connectivity index (χ4v) is 3.52. The van der Waals surface area contributed by atoms with Gasteiger partial charge in [-0.25, -0.2) is 0 Å². The van der Waals surface area contributed by atoms with E-state index in [4.69, 9.17) is 4.42 Å². The molecule has 1 unspecified atom stereocenters. The van der Waals surface area contributed by atoms with Gasteiger partial charge in [-0.1, -0.05) is 0 Å². The minimum atomic E-state index is 0.166. The van der Waals surface area contributed by atoms with Gasteiger partial charge in [0.1, 0.15) is 11.5 Å². The van der Waals surface area contributed by atoms with Crippen LogP contribution in [0, 0.1) is 12.8 Å². The van der Waals surface area contributed by atoms with Gasteiger partial charge in [-0.05, 0) is 70.9 Å². The number of nitrogens with zero attached hydrogens (tertiary/aromatic N) is 1. The molecular formula is C17H27N3O2. The highest BCUT2D eigenvalue weighted by Crippen LogP contribution is 2.26. The standard InChI is InChI=1S/C17H27N3O2/c1-13-4-5-16(22-13)15(20-10-2-3-11-20)12-19-17(21)14-6-8-18-9-7-14/h4-5,14-15,18H,2-3,6-12H2,1H3,(H,19,21). The van der Waals surface area contributed by atoms with Crippen LogP contribution >= 0.6 is 0 Å². The molecule has 0 bridgehead atoms. The summed E-state index contributed by atoms with van der Waals surface area (Å²) in [6.07, 6.45) is 4.36. The molecule has 1 aromatic rings. The Kier molecular flexibility index (Phi) is 5.16. The third-order valence-corrected chi connectivity index (χ3v) is 4.85. The molecule has 1 aromatic heterocycles. The maximum absolute atomic E-state index is 12.4. The molecule has 3 rings (SSSR count). The molecule has 0 radical (unpaired) electrons. The highest BCUT2D eigenvalue weighted by Gasteiger charge is 2.28. The molecule has 2 aliphatic heterocycles. The maximum Gasteiger partial charge on any atom is 0.223 e. The Balaban J connectivity index is 1.61. The molecule has 2 fully saturated rings. The van der Waals surface area contributed by atoms with Crippen LogP contribution in [0.15, 0.2) is 16.5 Å². The smallest absolute Gasteiger partial charge is 0.223 e. The van der Waals surface area contributed by atoms with Crippen molar-refractivity contribution in [1.82, 2.24) is 15.5 Å². The predicted octanol–water partition coefficient (Wildman–Crippen LogP) is 1.84. The van der Waals surface area contributed by atoms with Crippen LogP contribution in [0.1, 0.15) is 43.2 Å². The van der Waals surface area contributed by atoms with Gasteiger partial charge < -0.3 is 15.1 Å². The zero-order valence-corrected chi connectivity index (χ0v) is 13.4. The van der Waals surface area contributed by atoms with Crippen LogP contribution in [0.2, 0.25) is 0 Å². The zero-order valence-electron chi connectivity index (χ0n) is 13.4. The summed E-state index contributed by atoms with van der Waals surface area (Å²) >= 11 is 0. The monoisotopic (exact) mass is 305 g/mol. The first kappa shape index (κ1) is 15.6. The summed E-state index contributed by atoms with van der Waals surface area (Å²) in [5.74, 6) is 2.28. The normalized spacial score (nSPS) is 21.9. The minimum absolute atomic E-state index is 0.166. The van der Waals surface area contributed by atoms with Crippen molar-refractivity contribution in [3.8, 4) is 0 Å². The zero-order chi connectivity index (χ0) is 15.4. The van der Waals surface area contributed by atoms with Crippen LogP contribution in [0.5, 0.6) is 0 Å². The lowest BCUT2D eigenvalue weighted by Gasteiger charge is -2.28. The fourth-order valence-electron chi connectivity index (χ4n) is 3.52. The highest BCUT2D eigenvalue weighted by molar-refractivity contribution is 5.78. The Hall–Kier alpha value is -1.33. The van der Waals surface area contributed by atoms with Crippen LogP contribution in [0.3, 0.4) is 0 Å². The van der Waals surface area contributed by atoms with Crippen molar-refractivity contribution in [2.45, 2.75) is 38.6 Å². The van der Waals surface area contributed by atoms with E-state index in [0.717, 1.165) is 50.5 Å². The van der Waals surface area contributed by atoms with E-state index in [0.29, 0.717) is 6.54 Å². The van der Waals surface area contributed by atoms with E-state index in [-0.39, 0.29) is 17.9 Å². The first-order valence-corrected chi connectivity index (χ1v) is 8.53. The SMILES string of the molecule is Cc1ccc(C(CNC(=O)C2CCNCC2)N2CCCC2)o1. The van der Waals surface area contributed by atoms with Gasteiger partial charge in [-0.2, -0.15) is 0 Å². The summed E-state index contributed by atoms with van der Waals surface area (Å²) < 4.78 is 5.83. The summed E-state index contributed by atoms with van der Waals surface area (Å²) in [5, 5.41) is 6.47. The number of piperidine rings is 1. The lowest BCUT2D eigenvalue weighted by molar-refractivity contribution is -0.126. The fraction of sp³-hybridized carbons (Fsp3) is 0.706. The number of rotatable bonds is 5. The van der Waals surface area contributed by atoms with Gasteiger partial charge in [0, 0.05) is 12.5 Å². The number of carbonyl (C=O) groups is 1. The van der Waals surface area contributed by atoms with Crippen molar-refractivity contribution in [3.63, 3.8) is 0 Å². The number of aryl methyl sites for hydroxylation is 1. The lowest BCUT2D eigenvalue weighted by atomic mass is 9.97. The molecule has 0 saturated carbocycles. The van der Waals surface area contributed by atoms with Crippen molar-refractivity contribution in [3.05, 3.63) is 23.7 Å². The predicted molar refractivity (Wildman–Crippen MR) is 85.6 cm³/mol. The Morgan fingerprint density at radius 1 is 1.36 bits per heavy atom. The Labute approximate surface area is 132 Å². The van der Waals surface area contributed by atoms with Crippen LogP contribution in [-0.2, 0) is 4.79 Å². The summed E-state index contributed by atoms with van der Waals surface area (Å²) in [5.41, 5.74) is 0. The van der Waals surface area contributed by atoms with E-state index >= 15 is 0 Å². The number of carbonyl (C=O) groups excluding carboxylic acids is 1. The summed E-state index contributed by atoms with van der Waals surface area (Å²) in [7, 11) is 0. The van der Waals surface area contributed by atoms with Gasteiger partial charge in [-0.3, -0.25) is 9.69 Å². The molecule has 2 N–H and O–H groups in total. The molecule has 3 heterocycles. The number of hydrogen-bond acceptors (Lipinski definition) is 4. The van der Waals surface area contributed by atoms with Crippen LogP contribution in [0.4, 0.5) is 0 Å². The largest absolute Gasteiger partial charge is 0.465 e. The van der Waals surface area contributed by atoms with Crippen LogP contribution in [-0.4, -0.2) is 43.5 Å². The number of furan rings is 1. The van der Waals surface area contributed by atoms with Crippen molar-refractivity contribution >= 4 is 5.91 Å². The summed E-state index contributed by atoms with van der Waals surface area (Å²) in [6, 6.07) is 4.23. The van der Waals surface area contributed by atoms with Gasteiger partial charge in [0.2, 0.25) is 5.91 Å². The second-order valence-corrected chi connectivity index (χ2v) is 6.48. The lowest BCUT2D eigenvalue weighted by Crippen LogP contribution is -2.42. The molecule has 2 saturated heterocycles. The number of nitrogens with one attached hydrogen (secondary N) is 2. The molecule has 0 aromatic carbocycles. The van der Waals surface area contributed by atoms with Gasteiger partial charge in [0.05, 0.1) is 6.04 Å². The van der Waals surface area contributed by atoms with E-state index in [9.17, 15) is 4.79 Å². The molecule has 0 spiro atoms. The average molecular weight is 305 g/mol.